The van der Waals surface area contributed by atoms with E-state index < -0.39 is 0 Å². The molecule has 88 valence electrons. The predicted molar refractivity (Wildman–Crippen MR) is 60.9 cm³/mol. The van der Waals surface area contributed by atoms with Gasteiger partial charge in [-0.3, -0.25) is 4.79 Å². The van der Waals surface area contributed by atoms with Gasteiger partial charge in [0.15, 0.2) is 5.82 Å². The van der Waals surface area contributed by atoms with E-state index in [0.29, 0.717) is 18.8 Å². The Labute approximate surface area is 98.4 Å². The number of H-pyrrole nitrogens is 1. The molecule has 0 atom stereocenters. The molecule has 1 heterocycles. The van der Waals surface area contributed by atoms with E-state index >= 15 is 0 Å². The van der Waals surface area contributed by atoms with Gasteiger partial charge in [0, 0.05) is 0 Å². The van der Waals surface area contributed by atoms with E-state index in [4.69, 9.17) is 0 Å². The second-order valence-electron chi connectivity index (χ2n) is 3.77. The van der Waals surface area contributed by atoms with Gasteiger partial charge in [0.1, 0.15) is 0 Å². The Morgan fingerprint density at radius 2 is 2.12 bits per heavy atom. The van der Waals surface area contributed by atoms with E-state index in [1.165, 1.54) is 5.56 Å². The third-order valence-corrected chi connectivity index (χ3v) is 2.32. The lowest BCUT2D eigenvalue weighted by molar-refractivity contribution is -0.120. The number of aromatic nitrogens is 4. The molecule has 0 aliphatic rings. The molecule has 0 aliphatic carbocycles. The van der Waals surface area contributed by atoms with Gasteiger partial charge in [-0.05, 0) is 12.5 Å². The average molecular weight is 231 g/mol. The summed E-state index contributed by atoms with van der Waals surface area (Å²) in [5, 5.41) is 15.9. The first kappa shape index (κ1) is 11.3. The first-order valence-electron chi connectivity index (χ1n) is 5.28. The van der Waals surface area contributed by atoms with Crippen molar-refractivity contribution in [3.63, 3.8) is 0 Å². The van der Waals surface area contributed by atoms with Gasteiger partial charge in [-0.15, -0.1) is 10.2 Å². The van der Waals surface area contributed by atoms with Crippen molar-refractivity contribution in [3.05, 3.63) is 41.2 Å². The average Bonchev–Trinajstić information content (AvgIpc) is 2.83. The summed E-state index contributed by atoms with van der Waals surface area (Å²) in [6, 6.07) is 7.87. The molecule has 2 N–H and O–H groups in total. The second kappa shape index (κ2) is 5.20. The smallest absolute Gasteiger partial charge is 0.224 e. The summed E-state index contributed by atoms with van der Waals surface area (Å²) in [7, 11) is 0. The van der Waals surface area contributed by atoms with Crippen LogP contribution in [0, 0.1) is 6.92 Å². The molecule has 2 aromatic rings. The first-order chi connectivity index (χ1) is 8.24. The quantitative estimate of drug-likeness (QED) is 0.796. The van der Waals surface area contributed by atoms with Crippen LogP contribution in [0.1, 0.15) is 17.0 Å². The minimum Gasteiger partial charge on any atom is -0.348 e. The number of amides is 1. The van der Waals surface area contributed by atoms with E-state index in [1.807, 2.05) is 31.2 Å². The van der Waals surface area contributed by atoms with Gasteiger partial charge >= 0.3 is 0 Å². The zero-order valence-corrected chi connectivity index (χ0v) is 9.47. The van der Waals surface area contributed by atoms with Crippen LogP contribution in [0.15, 0.2) is 24.3 Å². The Morgan fingerprint density at radius 3 is 2.76 bits per heavy atom. The van der Waals surface area contributed by atoms with Crippen LogP contribution in [-0.2, 0) is 17.8 Å². The number of hydrogen-bond acceptors (Lipinski definition) is 4. The molecule has 2 rings (SSSR count). The van der Waals surface area contributed by atoms with Crippen LogP contribution in [0.2, 0.25) is 0 Å². The maximum Gasteiger partial charge on any atom is 0.224 e. The number of nitrogens with zero attached hydrogens (tertiary/aromatic N) is 3. The largest absolute Gasteiger partial charge is 0.348 e. The Bertz CT molecular complexity index is 477. The van der Waals surface area contributed by atoms with Crippen LogP contribution in [0.5, 0.6) is 0 Å². The zero-order chi connectivity index (χ0) is 12.1. The van der Waals surface area contributed by atoms with Crippen LogP contribution >= 0.6 is 0 Å². The first-order valence-corrected chi connectivity index (χ1v) is 5.28. The maximum absolute atomic E-state index is 11.6. The molecular formula is C11H13N5O. The van der Waals surface area contributed by atoms with Gasteiger partial charge in [0.05, 0.1) is 13.0 Å². The highest BCUT2D eigenvalue weighted by molar-refractivity contribution is 5.78. The number of aryl methyl sites for hydroxylation is 1. The summed E-state index contributed by atoms with van der Waals surface area (Å²) in [5.41, 5.74) is 2.17. The zero-order valence-electron chi connectivity index (χ0n) is 9.47. The Hall–Kier alpha value is -2.24. The van der Waals surface area contributed by atoms with E-state index in [9.17, 15) is 4.79 Å². The lowest BCUT2D eigenvalue weighted by atomic mass is 10.1. The summed E-state index contributed by atoms with van der Waals surface area (Å²) in [4.78, 5) is 11.6. The minimum atomic E-state index is -0.0568. The lowest BCUT2D eigenvalue weighted by Gasteiger charge is -2.03. The predicted octanol–water partition coefficient (Wildman–Crippen LogP) is 0.367. The Morgan fingerprint density at radius 1 is 1.35 bits per heavy atom. The SMILES string of the molecule is Cc1ccc(CC(=O)NCc2nn[nH]n2)cc1. The van der Waals surface area contributed by atoms with Crippen LogP contribution in [-0.4, -0.2) is 26.5 Å². The van der Waals surface area contributed by atoms with Crippen molar-refractivity contribution in [2.45, 2.75) is 19.9 Å². The molecule has 0 saturated carbocycles. The summed E-state index contributed by atoms with van der Waals surface area (Å²) in [6.07, 6.45) is 0.359. The van der Waals surface area contributed by atoms with Crippen LogP contribution in [0.4, 0.5) is 0 Å². The number of tetrazole rings is 1. The molecule has 0 saturated heterocycles. The second-order valence-corrected chi connectivity index (χ2v) is 3.77. The third kappa shape index (κ3) is 3.37. The fraction of sp³-hybridized carbons (Fsp3) is 0.273. The number of carbonyl (C=O) groups is 1. The van der Waals surface area contributed by atoms with Crippen molar-refractivity contribution in [2.24, 2.45) is 0 Å². The van der Waals surface area contributed by atoms with Gasteiger partial charge in [0.2, 0.25) is 5.91 Å². The number of aromatic amines is 1. The summed E-state index contributed by atoms with van der Waals surface area (Å²) in [6.45, 7) is 2.31. The van der Waals surface area contributed by atoms with Crippen molar-refractivity contribution in [1.82, 2.24) is 25.9 Å². The number of nitrogens with one attached hydrogen (secondary N) is 2. The minimum absolute atomic E-state index is 0.0568. The maximum atomic E-state index is 11.6. The van der Waals surface area contributed by atoms with Gasteiger partial charge in [-0.2, -0.15) is 5.21 Å². The van der Waals surface area contributed by atoms with Crippen molar-refractivity contribution >= 4 is 5.91 Å². The molecule has 0 bridgehead atoms. The van der Waals surface area contributed by atoms with Crippen molar-refractivity contribution in [1.29, 1.82) is 0 Å². The molecule has 1 aromatic heterocycles. The van der Waals surface area contributed by atoms with Crippen LogP contribution in [0.25, 0.3) is 0 Å². The van der Waals surface area contributed by atoms with E-state index in [2.05, 4.69) is 25.9 Å². The number of carbonyl (C=O) groups excluding carboxylic acids is 1. The van der Waals surface area contributed by atoms with Gasteiger partial charge in [-0.1, -0.05) is 35.0 Å². The van der Waals surface area contributed by atoms with E-state index in [1.54, 1.807) is 0 Å². The monoisotopic (exact) mass is 231 g/mol. The third-order valence-electron chi connectivity index (χ3n) is 2.32. The molecule has 0 aliphatic heterocycles. The van der Waals surface area contributed by atoms with E-state index in [-0.39, 0.29) is 5.91 Å². The molecule has 1 aromatic carbocycles. The van der Waals surface area contributed by atoms with Crippen molar-refractivity contribution < 1.29 is 4.79 Å². The van der Waals surface area contributed by atoms with Gasteiger partial charge < -0.3 is 5.32 Å². The summed E-state index contributed by atoms with van der Waals surface area (Å²) < 4.78 is 0. The summed E-state index contributed by atoms with van der Waals surface area (Å²) in [5.74, 6) is 0.418. The molecular weight excluding hydrogens is 218 g/mol. The molecule has 0 fully saturated rings. The lowest BCUT2D eigenvalue weighted by Crippen LogP contribution is -2.25. The molecule has 0 unspecified atom stereocenters. The normalized spacial score (nSPS) is 10.2. The van der Waals surface area contributed by atoms with Gasteiger partial charge in [0.25, 0.3) is 0 Å². The molecule has 0 spiro atoms. The van der Waals surface area contributed by atoms with Crippen LogP contribution < -0.4 is 5.32 Å². The molecule has 17 heavy (non-hydrogen) atoms. The Kier molecular flexibility index (Phi) is 3.44. The highest BCUT2D eigenvalue weighted by Gasteiger charge is 2.04. The topological polar surface area (TPSA) is 83.6 Å². The van der Waals surface area contributed by atoms with E-state index in [0.717, 1.165) is 5.56 Å². The fourth-order valence-electron chi connectivity index (χ4n) is 1.39. The van der Waals surface area contributed by atoms with Gasteiger partial charge in [-0.25, -0.2) is 0 Å². The number of benzene rings is 1. The number of hydrogen-bond donors (Lipinski definition) is 2. The highest BCUT2D eigenvalue weighted by Crippen LogP contribution is 2.03. The standard InChI is InChI=1S/C11H13N5O/c1-8-2-4-9(5-3-8)6-11(17)12-7-10-13-15-16-14-10/h2-5H,6-7H2,1H3,(H,12,17)(H,13,14,15,16). The molecule has 1 amide bonds. The number of rotatable bonds is 4. The molecule has 6 nitrogen and oxygen atoms in total. The molecule has 0 radical (unpaired) electrons. The fourth-order valence-corrected chi connectivity index (χ4v) is 1.39. The summed E-state index contributed by atoms with van der Waals surface area (Å²) >= 11 is 0. The van der Waals surface area contributed by atoms with Crippen molar-refractivity contribution in [2.75, 3.05) is 0 Å². The van der Waals surface area contributed by atoms with Crippen molar-refractivity contribution in [3.8, 4) is 0 Å². The Balaban J connectivity index is 1.83. The molecule has 6 heteroatoms. The highest BCUT2D eigenvalue weighted by atomic mass is 16.1. The van der Waals surface area contributed by atoms with Crippen LogP contribution in [0.3, 0.4) is 0 Å².